The van der Waals surface area contributed by atoms with Crippen LogP contribution in [0.15, 0.2) is 33.9 Å². The van der Waals surface area contributed by atoms with Gasteiger partial charge in [0.15, 0.2) is 11.9 Å². The second kappa shape index (κ2) is 7.78. The molecule has 8 heteroatoms. The summed E-state index contributed by atoms with van der Waals surface area (Å²) in [5.41, 5.74) is 3.15. The molecule has 2 N–H and O–H groups in total. The third-order valence-corrected chi connectivity index (χ3v) is 3.80. The van der Waals surface area contributed by atoms with Crippen molar-refractivity contribution < 1.29 is 14.2 Å². The third-order valence-electron chi connectivity index (χ3n) is 3.80. The maximum atomic E-state index is 11.8. The van der Waals surface area contributed by atoms with Gasteiger partial charge in [0.25, 0.3) is 0 Å². The number of nitrogens with zero attached hydrogens (tertiary/aromatic N) is 3. The van der Waals surface area contributed by atoms with E-state index >= 15 is 0 Å². The van der Waals surface area contributed by atoms with Gasteiger partial charge >= 0.3 is 6.03 Å². The fraction of sp³-hybridized carbons (Fsp3) is 0.412. The average molecular weight is 343 g/mol. The molecule has 0 saturated carbocycles. The van der Waals surface area contributed by atoms with Crippen LogP contribution >= 0.6 is 0 Å². The molecule has 132 valence electrons. The van der Waals surface area contributed by atoms with E-state index in [0.717, 1.165) is 11.3 Å². The summed E-state index contributed by atoms with van der Waals surface area (Å²) in [5.74, 6) is 1.09. The van der Waals surface area contributed by atoms with Gasteiger partial charge < -0.3 is 20.0 Å². The standard InChI is InChI=1S/C17H21N5O3/c1-11-3-5-13(6-4-11)15-9-14(24-22-15)10-19-17(23)18-8-7-16-20-12(2)21-25-16/h3-6,14H,7-10H2,1-2H3,(H2,18,19,23)/t14-/m0/s1. The zero-order valence-corrected chi connectivity index (χ0v) is 14.3. The van der Waals surface area contributed by atoms with Crippen molar-refractivity contribution in [1.29, 1.82) is 0 Å². The molecule has 8 nitrogen and oxygen atoms in total. The number of oxime groups is 1. The first-order chi connectivity index (χ1) is 12.1. The summed E-state index contributed by atoms with van der Waals surface area (Å²) in [6, 6.07) is 7.88. The van der Waals surface area contributed by atoms with Crippen LogP contribution in [-0.4, -0.2) is 41.1 Å². The first kappa shape index (κ1) is 16.9. The predicted octanol–water partition coefficient (Wildman–Crippen LogP) is 1.72. The van der Waals surface area contributed by atoms with E-state index in [1.807, 2.05) is 31.2 Å². The van der Waals surface area contributed by atoms with Crippen molar-refractivity contribution in [2.45, 2.75) is 32.8 Å². The first-order valence-corrected chi connectivity index (χ1v) is 8.21. The maximum absolute atomic E-state index is 11.8. The molecule has 2 heterocycles. The molecule has 1 aliphatic heterocycles. The predicted molar refractivity (Wildman–Crippen MR) is 91.3 cm³/mol. The lowest BCUT2D eigenvalue weighted by atomic mass is 10.0. The molecule has 0 unspecified atom stereocenters. The summed E-state index contributed by atoms with van der Waals surface area (Å²) < 4.78 is 4.98. The number of carbonyl (C=O) groups excluding carboxylic acids is 1. The second-order valence-corrected chi connectivity index (χ2v) is 5.96. The van der Waals surface area contributed by atoms with Gasteiger partial charge in [0.1, 0.15) is 0 Å². The first-order valence-electron chi connectivity index (χ1n) is 8.21. The van der Waals surface area contributed by atoms with Gasteiger partial charge in [-0.05, 0) is 19.4 Å². The van der Waals surface area contributed by atoms with Crippen molar-refractivity contribution >= 4 is 11.7 Å². The van der Waals surface area contributed by atoms with Crippen molar-refractivity contribution in [3.63, 3.8) is 0 Å². The Morgan fingerprint density at radius 1 is 1.24 bits per heavy atom. The van der Waals surface area contributed by atoms with Crippen LogP contribution in [0.3, 0.4) is 0 Å². The van der Waals surface area contributed by atoms with E-state index in [4.69, 9.17) is 9.36 Å². The molecule has 3 rings (SSSR count). The number of nitrogens with one attached hydrogen (secondary N) is 2. The van der Waals surface area contributed by atoms with E-state index in [1.54, 1.807) is 6.92 Å². The summed E-state index contributed by atoms with van der Waals surface area (Å²) in [4.78, 5) is 21.3. The van der Waals surface area contributed by atoms with Crippen LogP contribution in [0.4, 0.5) is 4.79 Å². The molecule has 0 bridgehead atoms. The lowest BCUT2D eigenvalue weighted by Gasteiger charge is -2.10. The summed E-state index contributed by atoms with van der Waals surface area (Å²) in [5, 5.41) is 13.3. The van der Waals surface area contributed by atoms with E-state index < -0.39 is 0 Å². The maximum Gasteiger partial charge on any atom is 0.314 e. The highest BCUT2D eigenvalue weighted by atomic mass is 16.6. The summed E-state index contributed by atoms with van der Waals surface area (Å²) in [7, 11) is 0. The average Bonchev–Trinajstić information content (AvgIpc) is 3.23. The van der Waals surface area contributed by atoms with Gasteiger partial charge in [-0.3, -0.25) is 0 Å². The van der Waals surface area contributed by atoms with Gasteiger partial charge in [-0.1, -0.05) is 40.1 Å². The number of aromatic nitrogens is 2. The van der Waals surface area contributed by atoms with Crippen LogP contribution in [-0.2, 0) is 11.3 Å². The molecule has 1 aromatic heterocycles. The molecule has 1 aliphatic rings. The Kier molecular flexibility index (Phi) is 5.27. The smallest absolute Gasteiger partial charge is 0.314 e. The number of hydrogen-bond acceptors (Lipinski definition) is 6. The summed E-state index contributed by atoms with van der Waals surface area (Å²) >= 11 is 0. The molecule has 2 amide bonds. The van der Waals surface area contributed by atoms with Gasteiger partial charge in [-0.25, -0.2) is 4.79 Å². The Hall–Kier alpha value is -2.90. The van der Waals surface area contributed by atoms with Gasteiger partial charge in [0.05, 0.1) is 12.3 Å². The Labute approximate surface area is 145 Å². The van der Waals surface area contributed by atoms with Crippen LogP contribution in [0.1, 0.15) is 29.3 Å². The highest BCUT2D eigenvalue weighted by Gasteiger charge is 2.22. The molecule has 1 aromatic carbocycles. The Balaban J connectivity index is 1.35. The van der Waals surface area contributed by atoms with Crippen molar-refractivity contribution in [2.75, 3.05) is 13.1 Å². The second-order valence-electron chi connectivity index (χ2n) is 5.96. The zero-order valence-electron chi connectivity index (χ0n) is 14.3. The zero-order chi connectivity index (χ0) is 17.6. The van der Waals surface area contributed by atoms with E-state index in [1.165, 1.54) is 5.56 Å². The van der Waals surface area contributed by atoms with Gasteiger partial charge in [0.2, 0.25) is 5.89 Å². The number of rotatable bonds is 6. The molecule has 25 heavy (non-hydrogen) atoms. The third kappa shape index (κ3) is 4.79. The van der Waals surface area contributed by atoms with Gasteiger partial charge in [-0.2, -0.15) is 4.98 Å². The van der Waals surface area contributed by atoms with Gasteiger partial charge in [0, 0.05) is 19.4 Å². The normalized spacial score (nSPS) is 16.2. The van der Waals surface area contributed by atoms with E-state index in [-0.39, 0.29) is 12.1 Å². The Morgan fingerprint density at radius 2 is 2.04 bits per heavy atom. The highest BCUT2D eigenvalue weighted by molar-refractivity contribution is 6.01. The van der Waals surface area contributed by atoms with Crippen LogP contribution in [0, 0.1) is 13.8 Å². The van der Waals surface area contributed by atoms with Crippen molar-refractivity contribution in [3.8, 4) is 0 Å². The molecule has 0 radical (unpaired) electrons. The van der Waals surface area contributed by atoms with Crippen LogP contribution < -0.4 is 10.6 Å². The monoisotopic (exact) mass is 343 g/mol. The molecule has 1 atom stereocenters. The topological polar surface area (TPSA) is 102 Å². The minimum atomic E-state index is -0.261. The van der Waals surface area contributed by atoms with Crippen LogP contribution in [0.25, 0.3) is 0 Å². The van der Waals surface area contributed by atoms with Crippen LogP contribution in [0.2, 0.25) is 0 Å². The Morgan fingerprint density at radius 3 is 2.76 bits per heavy atom. The quantitative estimate of drug-likeness (QED) is 0.831. The molecular weight excluding hydrogens is 322 g/mol. The van der Waals surface area contributed by atoms with Crippen molar-refractivity contribution in [3.05, 3.63) is 47.1 Å². The number of benzene rings is 1. The molecule has 0 spiro atoms. The molecule has 0 saturated heterocycles. The minimum Gasteiger partial charge on any atom is -0.390 e. The van der Waals surface area contributed by atoms with E-state index in [0.29, 0.717) is 37.6 Å². The van der Waals surface area contributed by atoms with Crippen molar-refractivity contribution in [2.24, 2.45) is 5.16 Å². The van der Waals surface area contributed by atoms with E-state index in [9.17, 15) is 4.79 Å². The number of hydrogen-bond donors (Lipinski definition) is 2. The number of aryl methyl sites for hydroxylation is 2. The lowest BCUT2D eigenvalue weighted by Crippen LogP contribution is -2.40. The summed E-state index contributed by atoms with van der Waals surface area (Å²) in [6.45, 7) is 4.61. The lowest BCUT2D eigenvalue weighted by molar-refractivity contribution is 0.0865. The minimum absolute atomic E-state index is 0.152. The highest BCUT2D eigenvalue weighted by Crippen LogP contribution is 2.16. The summed E-state index contributed by atoms with van der Waals surface area (Å²) in [6.07, 6.45) is 1.01. The molecule has 2 aromatic rings. The molecular formula is C17H21N5O3. The number of urea groups is 1. The fourth-order valence-corrected chi connectivity index (χ4v) is 2.45. The Bertz CT molecular complexity index is 754. The van der Waals surface area contributed by atoms with E-state index in [2.05, 4.69) is 25.9 Å². The molecule has 0 aliphatic carbocycles. The van der Waals surface area contributed by atoms with Gasteiger partial charge in [-0.15, -0.1) is 0 Å². The number of amides is 2. The number of carbonyl (C=O) groups is 1. The largest absolute Gasteiger partial charge is 0.390 e. The van der Waals surface area contributed by atoms with Crippen LogP contribution in [0.5, 0.6) is 0 Å². The SMILES string of the molecule is Cc1ccc(C2=NO[C@H](CNC(=O)NCCc3nc(C)no3)C2)cc1. The molecule has 0 fully saturated rings. The van der Waals surface area contributed by atoms with Crippen molar-refractivity contribution in [1.82, 2.24) is 20.8 Å². The fourth-order valence-electron chi connectivity index (χ4n) is 2.45.